The maximum atomic E-state index is 11.7. The van der Waals surface area contributed by atoms with Crippen molar-refractivity contribution < 1.29 is 91.5 Å². The van der Waals surface area contributed by atoms with Crippen LogP contribution in [0, 0.1) is 83.1 Å². The molecule has 510 valence electrons. The molecule has 9 aromatic rings. The molecule has 7 N–H and O–H groups in total. The first-order valence-corrected chi connectivity index (χ1v) is 35.0. The number of ether oxygens (including phenoxy) is 4. The molecule has 0 amide bonds. The molecule has 9 rings (SSSR count). The number of ketones is 1. The van der Waals surface area contributed by atoms with Gasteiger partial charge in [-0.2, -0.15) is 10.2 Å². The van der Waals surface area contributed by atoms with Crippen LogP contribution < -0.4 is 11.6 Å². The number of hydrogen-bond acceptors (Lipinski definition) is 28. The average molecular weight is 1600 g/mol. The fraction of sp³-hybridized carbons (Fsp3) is 0.183. The summed E-state index contributed by atoms with van der Waals surface area (Å²) in [7, 11) is 14.6. The van der Waals surface area contributed by atoms with Crippen molar-refractivity contribution in [2.75, 3.05) is 35.0 Å². The standard InChI is InChI=1S/C20H15N3O6.C12H12O2.C9H9N3O5.C9H6N2O4.C8H6INO4.C2H6O.2ClH.H3NO.Sn/c1-10-4-5-11(2)17-14(10)9-16(28-17)19-21-18(22-29-19)13-7-6-12(20(24)27-3)8-15(13)23(25)26;1-7-4-5-8(2)12-10(7)6-11(14-12)9(3)13;1-17-9(13)5-2-3-6(8(10)11-14)7(4-5)12(15)16;1-15-9(12)6-2-3-7(5-10)8(4-6)11(13)14;1-14-8(11)5-2-3-6(9)7(4-5)10(12)13;1-2-3;;;1-2;/h4-9H,1-3H3;4-6H,1-3H3;2-4,14H,1H3,(H2,10,11);2-4H,1H3;2-4H,1H3;3H,2H2,1H3;2*1H;2H,1H2;/q;;;;;;;;;+2/p-2. The van der Waals surface area contributed by atoms with Gasteiger partial charge in [0.1, 0.15) is 28.4 Å². The summed E-state index contributed by atoms with van der Waals surface area (Å²) < 4.78 is 35.0. The predicted octanol–water partition coefficient (Wildman–Crippen LogP) is 11.8. The molecule has 0 spiro atoms. The van der Waals surface area contributed by atoms with E-state index in [0.29, 0.717) is 20.7 Å². The second kappa shape index (κ2) is 40.6. The number of nitrogens with two attached hydrogens (primary N) is 2. The van der Waals surface area contributed by atoms with Gasteiger partial charge in [-0.25, -0.2) is 25.1 Å². The quantitative estimate of drug-likeness (QED) is 0.00724. The van der Waals surface area contributed by atoms with Gasteiger partial charge in [0.25, 0.3) is 28.6 Å². The summed E-state index contributed by atoms with van der Waals surface area (Å²) in [6, 6.07) is 28.4. The first-order chi connectivity index (χ1) is 46.0. The Balaban J connectivity index is 0.000000414. The fourth-order valence-electron chi connectivity index (χ4n) is 7.73. The molecule has 2 radical (unpaired) electrons. The van der Waals surface area contributed by atoms with Gasteiger partial charge < -0.3 is 53.6 Å². The van der Waals surface area contributed by atoms with Gasteiger partial charge in [-0.1, -0.05) is 34.6 Å². The van der Waals surface area contributed by atoms with Gasteiger partial charge in [0.2, 0.25) is 5.82 Å². The monoisotopic (exact) mass is 1600 g/mol. The van der Waals surface area contributed by atoms with E-state index in [1.165, 1.54) is 82.9 Å². The number of carbonyl (C=O) groups excluding carboxylic acids is 5. The van der Waals surface area contributed by atoms with Crippen molar-refractivity contribution in [3.8, 4) is 29.1 Å². The number of fused-ring (bicyclic) bond motifs is 2. The SMILES string of the molecule is CC(=O)c1cc2c(C)ccc(C)c2o1.CCO.COC(=O)c1ccc(-c2noc(-c3cc4c(C)ccc(C)c4o3)n2)c([N+](=O)[O-])c1.COC(=O)c1ccc(/C(N)=N/O)c([N+](=O)[O-])c1.COC(=O)c1ccc(C#N)c([N+](=O)[O-])c1.COC(=O)c1ccc(I)c([N+](=O)[O-])c1.NO.[Cl][Sn][Cl]. The first-order valence-electron chi connectivity index (χ1n) is 26.7. The number of benzene rings is 6. The second-order valence-corrected chi connectivity index (χ2v) is 23.8. The van der Waals surface area contributed by atoms with E-state index in [-0.39, 0.29) is 74.4 Å². The van der Waals surface area contributed by atoms with Gasteiger partial charge in [-0.15, -0.1) is 0 Å². The van der Waals surface area contributed by atoms with Crippen molar-refractivity contribution >= 4 is 140 Å². The molecule has 0 bridgehead atoms. The fourth-order valence-corrected chi connectivity index (χ4v) is 8.26. The van der Waals surface area contributed by atoms with Gasteiger partial charge in [0.15, 0.2) is 23.1 Å². The Morgan fingerprint density at radius 3 is 1.43 bits per heavy atom. The number of aliphatic hydroxyl groups is 1. The van der Waals surface area contributed by atoms with E-state index in [2.05, 4.69) is 40.1 Å². The van der Waals surface area contributed by atoms with Crippen molar-refractivity contribution in [1.29, 1.82) is 5.26 Å². The van der Waals surface area contributed by atoms with E-state index in [0.717, 1.165) is 63.9 Å². The molecule has 6 aromatic carbocycles. The number of nitro groups is 4. The normalized spacial score (nSPS) is 9.99. The van der Waals surface area contributed by atoms with E-state index in [1.807, 2.05) is 80.6 Å². The van der Waals surface area contributed by atoms with Crippen LogP contribution in [0.1, 0.15) is 99.2 Å². The van der Waals surface area contributed by atoms with Crippen molar-refractivity contribution in [3.63, 3.8) is 0 Å². The number of nitro benzene ring substituents is 4. The molecule has 0 fully saturated rings. The number of hydrogen-bond donors (Lipinski definition) is 5. The number of carbonyl (C=O) groups is 5. The van der Waals surface area contributed by atoms with Crippen molar-refractivity contribution in [2.45, 2.75) is 41.5 Å². The Morgan fingerprint density at radius 2 is 1.02 bits per heavy atom. The maximum absolute atomic E-state index is 11.7. The number of Topliss-reactive ketones (excluding diaryl/α,β-unsaturated/α-hetero) is 1. The molecular formula is C60H57Cl2IN10O23Sn. The van der Waals surface area contributed by atoms with Crippen molar-refractivity contribution in [1.82, 2.24) is 10.1 Å². The number of rotatable bonds is 12. The molecule has 0 saturated carbocycles. The number of aryl methyl sites for hydroxylation is 4. The molecule has 3 aromatic heterocycles. The minimum atomic E-state index is -0.826. The van der Waals surface area contributed by atoms with E-state index in [1.54, 1.807) is 19.1 Å². The third kappa shape index (κ3) is 23.1. The molecule has 0 aliphatic heterocycles. The summed E-state index contributed by atoms with van der Waals surface area (Å²) in [6.45, 7) is 11.3. The summed E-state index contributed by atoms with van der Waals surface area (Å²) in [5.41, 5.74) is 9.98. The average Bonchev–Trinajstić information content (AvgIpc) is 1.66. The first kappa shape index (κ1) is 82.5. The number of aliphatic hydroxyl groups excluding tert-OH is 1. The third-order valence-electron chi connectivity index (χ3n) is 12.3. The van der Waals surface area contributed by atoms with Crippen LogP contribution in [0.25, 0.3) is 45.0 Å². The summed E-state index contributed by atoms with van der Waals surface area (Å²) in [4.78, 5) is 101. The number of aromatic nitrogens is 2. The van der Waals surface area contributed by atoms with Crippen molar-refractivity contribution in [3.05, 3.63) is 215 Å². The van der Waals surface area contributed by atoms with Crippen LogP contribution in [-0.4, -0.2) is 135 Å². The molecule has 0 atom stereocenters. The number of halogens is 3. The Labute approximate surface area is 579 Å². The van der Waals surface area contributed by atoms with Gasteiger partial charge >= 0.3 is 60.6 Å². The molecule has 3 heterocycles. The van der Waals surface area contributed by atoms with Gasteiger partial charge in [-0.05, 0) is 140 Å². The molecular weight excluding hydrogens is 1550 g/mol. The van der Waals surface area contributed by atoms with Gasteiger partial charge in [-0.3, -0.25) is 45.3 Å². The Kier molecular flexibility index (Phi) is 34.6. The zero-order chi connectivity index (χ0) is 73.6. The number of furan rings is 2. The Hall–Kier alpha value is -10.6. The zero-order valence-corrected chi connectivity index (χ0v) is 59.0. The van der Waals surface area contributed by atoms with E-state index >= 15 is 0 Å². The van der Waals surface area contributed by atoms with Crippen LogP contribution >= 0.6 is 40.4 Å². The summed E-state index contributed by atoms with van der Waals surface area (Å²) in [5.74, 6) is 1.33. The third-order valence-corrected chi connectivity index (χ3v) is 13.2. The molecule has 0 unspecified atom stereocenters. The number of methoxy groups -OCH3 is 4. The minimum absolute atomic E-state index is 0.00805. The van der Waals surface area contributed by atoms with Gasteiger partial charge in [0, 0.05) is 48.6 Å². The summed E-state index contributed by atoms with van der Waals surface area (Å²) in [6.07, 6.45) is 0. The molecule has 0 aliphatic rings. The number of nitriles is 1. The van der Waals surface area contributed by atoms with Crippen LogP contribution in [0.5, 0.6) is 0 Å². The second-order valence-electron chi connectivity index (χ2n) is 18.4. The van der Waals surface area contributed by atoms with Crippen LogP contribution in [-0.2, 0) is 18.9 Å². The summed E-state index contributed by atoms with van der Waals surface area (Å²) >= 11 is 1.01. The van der Waals surface area contributed by atoms with E-state index in [4.69, 9.17) is 57.7 Å². The molecule has 37 heteroatoms. The molecule has 97 heavy (non-hydrogen) atoms. The van der Waals surface area contributed by atoms with Crippen LogP contribution in [0.4, 0.5) is 22.7 Å². The van der Waals surface area contributed by atoms with Crippen LogP contribution in [0.2, 0.25) is 0 Å². The number of nitrogens with zero attached hydrogens (tertiary/aromatic N) is 8. The number of oxime groups is 1. The molecule has 33 nitrogen and oxygen atoms in total. The van der Waals surface area contributed by atoms with E-state index < -0.39 is 79.7 Å². The zero-order valence-electron chi connectivity index (χ0n) is 52.5. The van der Waals surface area contributed by atoms with Crippen LogP contribution in [0.15, 0.2) is 128 Å². The Bertz CT molecular complexity index is 4340. The van der Waals surface area contributed by atoms with Gasteiger partial charge in [0.05, 0.1) is 79.5 Å². The predicted molar refractivity (Wildman–Crippen MR) is 358 cm³/mol. The molecule has 0 aliphatic carbocycles. The van der Waals surface area contributed by atoms with Crippen LogP contribution in [0.3, 0.4) is 0 Å². The number of amidine groups is 1. The number of esters is 4. The van der Waals surface area contributed by atoms with E-state index in [9.17, 15) is 64.4 Å². The topological polar surface area (TPSA) is 509 Å². The summed E-state index contributed by atoms with van der Waals surface area (Å²) in [5, 5.41) is 82.9. The molecule has 0 saturated heterocycles. The van der Waals surface area contributed by atoms with Crippen molar-refractivity contribution in [2.24, 2.45) is 16.8 Å². The Morgan fingerprint density at radius 1 is 0.629 bits per heavy atom.